The van der Waals surface area contributed by atoms with Crippen LogP contribution < -0.4 is 15.9 Å². The molecule has 0 saturated heterocycles. The van der Waals surface area contributed by atoms with Gasteiger partial charge in [-0.25, -0.2) is 0 Å². The third kappa shape index (κ3) is 15.6. The second-order valence-electron chi connectivity index (χ2n) is 14.2. The summed E-state index contributed by atoms with van der Waals surface area (Å²) in [6.45, 7) is 6.80. The number of rotatable bonds is 27. The summed E-state index contributed by atoms with van der Waals surface area (Å²) >= 11 is 0. The Morgan fingerprint density at radius 2 is 0.620 bits per heavy atom. The minimum absolute atomic E-state index is 0.910. The summed E-state index contributed by atoms with van der Waals surface area (Å²) in [5.41, 5.74) is 3.80. The van der Waals surface area contributed by atoms with Crippen molar-refractivity contribution in [2.45, 2.75) is 156 Å². The average Bonchev–Trinajstić information content (AvgIpc) is 3.15. The van der Waals surface area contributed by atoms with E-state index in [1.807, 2.05) is 0 Å². The van der Waals surface area contributed by atoms with Crippen LogP contribution in [0.25, 0.3) is 0 Å². The molecule has 0 atom stereocenters. The highest BCUT2D eigenvalue weighted by molar-refractivity contribution is 7.85. The highest BCUT2D eigenvalue weighted by Crippen LogP contribution is 2.42. The summed E-state index contributed by atoms with van der Waals surface area (Å²) < 4.78 is 15.3. The van der Waals surface area contributed by atoms with Gasteiger partial charge in [-0.1, -0.05) is 207 Å². The molecule has 1 nitrogen and oxygen atoms in total. The third-order valence-corrected chi connectivity index (χ3v) is 13.0. The second-order valence-corrected chi connectivity index (χ2v) is 17.0. The van der Waals surface area contributed by atoms with Crippen LogP contribution >= 0.6 is 7.14 Å². The highest BCUT2D eigenvalue weighted by Gasteiger charge is 2.29. The SMILES string of the molecule is CCCCCCCC=CCc1ccc(P(=O)(c2ccc(CC=CCCCCCCC)cc2)c2ccc(CC=CCCCCCCC)cc2)cc1. The van der Waals surface area contributed by atoms with E-state index in [9.17, 15) is 0 Å². The molecule has 0 unspecified atom stereocenters. The maximum Gasteiger partial charge on any atom is 0.171 e. The molecule has 0 fully saturated rings. The standard InChI is InChI=1S/C48H69OP/c1-4-7-10-13-16-19-22-25-28-43-31-37-46(38-32-43)50(49,47-39-33-44(34-40-47)29-26-23-20-17-14-11-8-5-2)48-41-35-45(36-42-48)30-27-24-21-18-15-12-9-6-3/h22-27,31-42H,4-21,28-30H2,1-3H3. The van der Waals surface area contributed by atoms with E-state index < -0.39 is 7.14 Å². The van der Waals surface area contributed by atoms with Crippen molar-refractivity contribution in [3.05, 3.63) is 126 Å². The molecule has 0 amide bonds. The van der Waals surface area contributed by atoms with Gasteiger partial charge in [-0.3, -0.25) is 0 Å². The predicted molar refractivity (Wildman–Crippen MR) is 224 cm³/mol. The molecule has 0 aromatic heterocycles. The van der Waals surface area contributed by atoms with E-state index >= 15 is 4.57 Å². The van der Waals surface area contributed by atoms with Gasteiger partial charge >= 0.3 is 0 Å². The summed E-state index contributed by atoms with van der Waals surface area (Å²) in [5, 5.41) is 2.73. The molecule has 0 aliphatic heterocycles. The van der Waals surface area contributed by atoms with Gasteiger partial charge in [0.05, 0.1) is 0 Å². The molecule has 0 aliphatic carbocycles. The summed E-state index contributed by atoms with van der Waals surface area (Å²) in [7, 11) is -3.04. The van der Waals surface area contributed by atoms with Crippen LogP contribution in [0.2, 0.25) is 0 Å². The number of unbranched alkanes of at least 4 members (excludes halogenated alkanes) is 15. The van der Waals surface area contributed by atoms with Crippen molar-refractivity contribution in [2.75, 3.05) is 0 Å². The van der Waals surface area contributed by atoms with Gasteiger partial charge < -0.3 is 4.57 Å². The molecule has 50 heavy (non-hydrogen) atoms. The fraction of sp³-hybridized carbons (Fsp3) is 0.500. The Hall–Kier alpha value is -2.89. The molecular formula is C48H69OP. The van der Waals surface area contributed by atoms with Crippen molar-refractivity contribution in [3.8, 4) is 0 Å². The van der Waals surface area contributed by atoms with Gasteiger partial charge in [0, 0.05) is 15.9 Å². The number of hydrogen-bond acceptors (Lipinski definition) is 1. The monoisotopic (exact) mass is 693 g/mol. The lowest BCUT2D eigenvalue weighted by Crippen LogP contribution is -2.25. The molecule has 2 heteroatoms. The Bertz CT molecular complexity index is 1230. The lowest BCUT2D eigenvalue weighted by Gasteiger charge is -2.21. The summed E-state index contributed by atoms with van der Waals surface area (Å²) in [5.74, 6) is 0. The number of allylic oxidation sites excluding steroid dienone is 6. The molecule has 3 rings (SSSR count). The Balaban J connectivity index is 1.71. The van der Waals surface area contributed by atoms with Crippen molar-refractivity contribution < 1.29 is 4.57 Å². The van der Waals surface area contributed by atoms with Crippen molar-refractivity contribution in [2.24, 2.45) is 0 Å². The van der Waals surface area contributed by atoms with E-state index in [0.29, 0.717) is 0 Å². The maximum atomic E-state index is 15.3. The molecule has 0 N–H and O–H groups in total. The minimum Gasteiger partial charge on any atom is -0.309 e. The Labute approximate surface area is 308 Å². The Morgan fingerprint density at radius 3 is 0.880 bits per heavy atom. The van der Waals surface area contributed by atoms with E-state index in [1.165, 1.54) is 113 Å². The molecule has 3 aromatic rings. The molecule has 0 radical (unpaired) electrons. The van der Waals surface area contributed by atoms with Gasteiger partial charge in [-0.15, -0.1) is 0 Å². The molecule has 0 aliphatic rings. The summed E-state index contributed by atoms with van der Waals surface area (Å²) in [4.78, 5) is 0. The van der Waals surface area contributed by atoms with Gasteiger partial charge in [0.25, 0.3) is 0 Å². The molecular weight excluding hydrogens is 624 g/mol. The van der Waals surface area contributed by atoms with E-state index in [1.54, 1.807) is 0 Å². The first-order valence-electron chi connectivity index (χ1n) is 20.4. The van der Waals surface area contributed by atoms with Crippen LogP contribution in [-0.4, -0.2) is 0 Å². The van der Waals surface area contributed by atoms with Crippen LogP contribution in [0.15, 0.2) is 109 Å². The van der Waals surface area contributed by atoms with Gasteiger partial charge in [-0.2, -0.15) is 0 Å². The van der Waals surface area contributed by atoms with Crippen LogP contribution in [0.3, 0.4) is 0 Å². The third-order valence-electron chi connectivity index (χ3n) is 9.88. The predicted octanol–water partition coefficient (Wildman–Crippen LogP) is 13.7. The van der Waals surface area contributed by atoms with Gasteiger partial charge in [-0.05, 0) is 74.5 Å². The lowest BCUT2D eigenvalue weighted by molar-refractivity contribution is 0.592. The summed E-state index contributed by atoms with van der Waals surface area (Å²) in [6, 6.07) is 25.7. The summed E-state index contributed by atoms with van der Waals surface area (Å²) in [6.07, 6.45) is 39.9. The van der Waals surface area contributed by atoms with Crippen LogP contribution in [-0.2, 0) is 23.8 Å². The smallest absolute Gasteiger partial charge is 0.171 e. The molecule has 3 aromatic carbocycles. The molecule has 0 spiro atoms. The first kappa shape index (κ1) is 41.5. The number of benzene rings is 3. The van der Waals surface area contributed by atoms with E-state index in [0.717, 1.165) is 54.4 Å². The van der Waals surface area contributed by atoms with E-state index in [-0.39, 0.29) is 0 Å². The first-order chi connectivity index (χ1) is 24.6. The van der Waals surface area contributed by atoms with Crippen LogP contribution in [0.4, 0.5) is 0 Å². The quantitative estimate of drug-likeness (QED) is 0.0441. The zero-order valence-electron chi connectivity index (χ0n) is 32.1. The molecule has 0 saturated carbocycles. The average molecular weight is 693 g/mol. The van der Waals surface area contributed by atoms with Gasteiger partial charge in [0.2, 0.25) is 0 Å². The fourth-order valence-corrected chi connectivity index (χ4v) is 9.18. The van der Waals surface area contributed by atoms with E-state index in [4.69, 9.17) is 0 Å². The van der Waals surface area contributed by atoms with Crippen LogP contribution in [0.5, 0.6) is 0 Å². The van der Waals surface area contributed by atoms with Crippen LogP contribution in [0.1, 0.15) is 153 Å². The second kappa shape index (κ2) is 26.0. The zero-order valence-corrected chi connectivity index (χ0v) is 33.0. The number of hydrogen-bond donors (Lipinski definition) is 0. The topological polar surface area (TPSA) is 17.1 Å². The van der Waals surface area contributed by atoms with Gasteiger partial charge in [0.1, 0.15) is 0 Å². The van der Waals surface area contributed by atoms with E-state index in [2.05, 4.69) is 130 Å². The van der Waals surface area contributed by atoms with Crippen molar-refractivity contribution in [3.63, 3.8) is 0 Å². The lowest BCUT2D eigenvalue weighted by atomic mass is 10.1. The Kier molecular flexibility index (Phi) is 21.6. The molecule has 0 heterocycles. The normalized spacial score (nSPS) is 13.2. The largest absolute Gasteiger partial charge is 0.309 e. The maximum absolute atomic E-state index is 15.3. The fourth-order valence-electron chi connectivity index (χ4n) is 6.58. The Morgan fingerprint density at radius 1 is 0.360 bits per heavy atom. The minimum atomic E-state index is -3.04. The van der Waals surface area contributed by atoms with Crippen molar-refractivity contribution in [1.29, 1.82) is 0 Å². The molecule has 0 bridgehead atoms. The van der Waals surface area contributed by atoms with Crippen molar-refractivity contribution in [1.82, 2.24) is 0 Å². The van der Waals surface area contributed by atoms with Crippen molar-refractivity contribution >= 4 is 23.1 Å². The first-order valence-corrected chi connectivity index (χ1v) is 22.2. The molecule has 272 valence electrons. The van der Waals surface area contributed by atoms with Crippen LogP contribution in [0, 0.1) is 0 Å². The van der Waals surface area contributed by atoms with Gasteiger partial charge in [0.15, 0.2) is 7.14 Å². The highest BCUT2D eigenvalue weighted by atomic mass is 31.2. The zero-order chi connectivity index (χ0) is 35.5.